The molecule has 4 aromatic rings. The van der Waals surface area contributed by atoms with Crippen LogP contribution >= 0.6 is 0 Å². The van der Waals surface area contributed by atoms with Gasteiger partial charge in [0.2, 0.25) is 0 Å². The van der Waals surface area contributed by atoms with Crippen LogP contribution in [0.5, 0.6) is 0 Å². The lowest BCUT2D eigenvalue weighted by atomic mass is 10.3. The highest BCUT2D eigenvalue weighted by molar-refractivity contribution is 7.93. The molecule has 1 heterocycles. The monoisotopic (exact) mass is 445 g/mol. The SMILES string of the molecule is O=c1[nH]c2ccc(S(=O)(=O)Nc3ccccc3NS(=O)(=O)c3ccccc3)cc2o1. The first-order valence-corrected chi connectivity index (χ1v) is 11.5. The molecule has 0 aliphatic rings. The van der Waals surface area contributed by atoms with Crippen molar-refractivity contribution >= 4 is 42.5 Å². The molecule has 0 radical (unpaired) electrons. The molecule has 0 saturated carbocycles. The predicted molar refractivity (Wildman–Crippen MR) is 111 cm³/mol. The van der Waals surface area contributed by atoms with Crippen molar-refractivity contribution in [2.24, 2.45) is 0 Å². The number of aromatic nitrogens is 1. The van der Waals surface area contributed by atoms with Gasteiger partial charge in [0.25, 0.3) is 20.0 Å². The topological polar surface area (TPSA) is 138 Å². The van der Waals surface area contributed by atoms with Crippen molar-refractivity contribution in [2.45, 2.75) is 9.79 Å². The summed E-state index contributed by atoms with van der Waals surface area (Å²) in [5, 5.41) is 0. The van der Waals surface area contributed by atoms with E-state index in [0.717, 1.165) is 0 Å². The number of aromatic amines is 1. The van der Waals surface area contributed by atoms with Crippen LogP contribution in [0.4, 0.5) is 11.4 Å². The summed E-state index contributed by atoms with van der Waals surface area (Å²) in [6.45, 7) is 0. The van der Waals surface area contributed by atoms with Gasteiger partial charge in [-0.2, -0.15) is 0 Å². The zero-order chi connectivity index (χ0) is 21.4. The van der Waals surface area contributed by atoms with E-state index in [2.05, 4.69) is 14.4 Å². The number of nitrogens with one attached hydrogen (secondary N) is 3. The minimum atomic E-state index is -4.10. The summed E-state index contributed by atoms with van der Waals surface area (Å²) in [5.41, 5.74) is 0.530. The van der Waals surface area contributed by atoms with Crippen molar-refractivity contribution in [1.82, 2.24) is 4.98 Å². The largest absolute Gasteiger partial charge is 0.417 e. The number of sulfonamides is 2. The smallest absolute Gasteiger partial charge is 0.408 e. The Morgan fingerprint density at radius 1 is 0.700 bits per heavy atom. The van der Waals surface area contributed by atoms with Gasteiger partial charge in [0, 0.05) is 6.07 Å². The Labute approximate surface area is 171 Å². The van der Waals surface area contributed by atoms with Crippen molar-refractivity contribution in [3.05, 3.63) is 83.3 Å². The molecule has 3 aromatic carbocycles. The second kappa shape index (κ2) is 7.35. The molecular weight excluding hydrogens is 430 g/mol. The zero-order valence-electron chi connectivity index (χ0n) is 15.2. The lowest BCUT2D eigenvalue weighted by Gasteiger charge is -2.14. The molecule has 0 saturated heterocycles. The first kappa shape index (κ1) is 19.7. The Balaban J connectivity index is 1.67. The maximum Gasteiger partial charge on any atom is 0.417 e. The molecule has 0 atom stereocenters. The molecule has 0 spiro atoms. The number of hydrogen-bond acceptors (Lipinski definition) is 6. The molecule has 0 bridgehead atoms. The average Bonchev–Trinajstić information content (AvgIpc) is 3.09. The summed E-state index contributed by atoms with van der Waals surface area (Å²) >= 11 is 0. The van der Waals surface area contributed by atoms with E-state index < -0.39 is 25.8 Å². The normalized spacial score (nSPS) is 12.0. The van der Waals surface area contributed by atoms with Gasteiger partial charge in [-0.05, 0) is 36.4 Å². The zero-order valence-corrected chi connectivity index (χ0v) is 16.8. The van der Waals surface area contributed by atoms with Crippen LogP contribution in [0, 0.1) is 0 Å². The molecule has 4 rings (SSSR count). The number of rotatable bonds is 6. The van der Waals surface area contributed by atoms with Gasteiger partial charge in [-0.25, -0.2) is 21.6 Å². The van der Waals surface area contributed by atoms with Crippen molar-refractivity contribution in [2.75, 3.05) is 9.44 Å². The lowest BCUT2D eigenvalue weighted by Crippen LogP contribution is -2.17. The van der Waals surface area contributed by atoms with E-state index in [9.17, 15) is 21.6 Å². The molecule has 0 aliphatic heterocycles. The van der Waals surface area contributed by atoms with Crippen molar-refractivity contribution in [3.8, 4) is 0 Å². The van der Waals surface area contributed by atoms with E-state index in [4.69, 9.17) is 4.42 Å². The fourth-order valence-corrected chi connectivity index (χ4v) is 4.96. The number of oxazole rings is 1. The lowest BCUT2D eigenvalue weighted by molar-refractivity contribution is 0.554. The van der Waals surface area contributed by atoms with Gasteiger partial charge >= 0.3 is 5.76 Å². The van der Waals surface area contributed by atoms with Gasteiger partial charge in [0.05, 0.1) is 26.7 Å². The second-order valence-electron chi connectivity index (χ2n) is 6.24. The number of benzene rings is 3. The van der Waals surface area contributed by atoms with Crippen molar-refractivity contribution < 1.29 is 21.3 Å². The quantitative estimate of drug-likeness (QED) is 0.417. The third-order valence-electron chi connectivity index (χ3n) is 4.17. The molecule has 0 unspecified atom stereocenters. The van der Waals surface area contributed by atoms with Crippen LogP contribution in [-0.4, -0.2) is 21.8 Å². The van der Waals surface area contributed by atoms with Crippen LogP contribution in [0.2, 0.25) is 0 Å². The molecule has 30 heavy (non-hydrogen) atoms. The summed E-state index contributed by atoms with van der Waals surface area (Å²) in [6.07, 6.45) is 0. The number of anilines is 2. The molecule has 9 nitrogen and oxygen atoms in total. The summed E-state index contributed by atoms with van der Waals surface area (Å²) in [7, 11) is -8.02. The molecule has 0 aliphatic carbocycles. The Bertz CT molecular complexity index is 1490. The van der Waals surface area contributed by atoms with Crippen LogP contribution in [-0.2, 0) is 20.0 Å². The summed E-state index contributed by atoms with van der Waals surface area (Å²) in [4.78, 5) is 13.6. The van der Waals surface area contributed by atoms with Crippen LogP contribution in [0.1, 0.15) is 0 Å². The van der Waals surface area contributed by atoms with Gasteiger partial charge in [0.1, 0.15) is 0 Å². The summed E-state index contributed by atoms with van der Waals surface area (Å²) in [6, 6.07) is 17.6. The Morgan fingerprint density at radius 2 is 1.27 bits per heavy atom. The van der Waals surface area contributed by atoms with Gasteiger partial charge < -0.3 is 4.42 Å². The summed E-state index contributed by atoms with van der Waals surface area (Å²) in [5.74, 6) is -0.701. The fraction of sp³-hybridized carbons (Fsp3) is 0. The van der Waals surface area contributed by atoms with E-state index in [1.807, 2.05) is 0 Å². The minimum absolute atomic E-state index is 0.0348. The average molecular weight is 445 g/mol. The van der Waals surface area contributed by atoms with Gasteiger partial charge in [0.15, 0.2) is 5.58 Å². The van der Waals surface area contributed by atoms with Crippen LogP contribution in [0.3, 0.4) is 0 Å². The van der Waals surface area contributed by atoms with E-state index in [1.54, 1.807) is 30.3 Å². The molecule has 0 amide bonds. The highest BCUT2D eigenvalue weighted by Gasteiger charge is 2.20. The van der Waals surface area contributed by atoms with Crippen LogP contribution in [0.15, 0.2) is 91.8 Å². The number of para-hydroxylation sites is 2. The van der Waals surface area contributed by atoms with Crippen LogP contribution in [0.25, 0.3) is 11.1 Å². The molecular formula is C19H15N3O6S2. The maximum atomic E-state index is 12.8. The predicted octanol–water partition coefficient (Wildman–Crippen LogP) is 2.72. The third kappa shape index (κ3) is 3.93. The maximum absolute atomic E-state index is 12.8. The third-order valence-corrected chi connectivity index (χ3v) is 6.92. The standard InChI is InChI=1S/C19H15N3O6S2/c23-19-20-17-11-10-14(12-18(17)28-19)30(26,27)22-16-9-5-4-8-15(16)21-29(24,25)13-6-2-1-3-7-13/h1-12,21-22H,(H,20,23). The first-order chi connectivity index (χ1) is 14.2. The Kier molecular flexibility index (Phi) is 4.84. The number of fused-ring (bicyclic) bond motifs is 1. The van der Waals surface area contributed by atoms with E-state index >= 15 is 0 Å². The highest BCUT2D eigenvalue weighted by atomic mass is 32.2. The van der Waals surface area contributed by atoms with Gasteiger partial charge in [-0.15, -0.1) is 0 Å². The molecule has 3 N–H and O–H groups in total. The van der Waals surface area contributed by atoms with E-state index in [1.165, 1.54) is 42.5 Å². The highest BCUT2D eigenvalue weighted by Crippen LogP contribution is 2.27. The molecule has 0 fully saturated rings. The van der Waals surface area contributed by atoms with Crippen molar-refractivity contribution in [1.29, 1.82) is 0 Å². The Hall–Kier alpha value is -3.57. The number of hydrogen-bond donors (Lipinski definition) is 3. The Morgan fingerprint density at radius 3 is 1.90 bits per heavy atom. The van der Waals surface area contributed by atoms with Crippen molar-refractivity contribution in [3.63, 3.8) is 0 Å². The summed E-state index contributed by atoms with van der Waals surface area (Å²) < 4.78 is 60.5. The van der Waals surface area contributed by atoms with E-state index in [-0.39, 0.29) is 26.7 Å². The van der Waals surface area contributed by atoms with Crippen LogP contribution < -0.4 is 15.2 Å². The molecule has 11 heteroatoms. The second-order valence-corrected chi connectivity index (χ2v) is 9.61. The minimum Gasteiger partial charge on any atom is -0.408 e. The molecule has 1 aromatic heterocycles. The van der Waals surface area contributed by atoms with Gasteiger partial charge in [-0.1, -0.05) is 30.3 Å². The van der Waals surface area contributed by atoms with E-state index in [0.29, 0.717) is 5.52 Å². The van der Waals surface area contributed by atoms with Gasteiger partial charge in [-0.3, -0.25) is 14.4 Å². The fourth-order valence-electron chi connectivity index (χ4n) is 2.76. The molecule has 154 valence electrons. The number of H-pyrrole nitrogens is 1. The first-order valence-electron chi connectivity index (χ1n) is 8.57.